The van der Waals surface area contributed by atoms with Crippen LogP contribution in [0.3, 0.4) is 0 Å². The third-order valence-corrected chi connectivity index (χ3v) is 6.68. The van der Waals surface area contributed by atoms with Crippen molar-refractivity contribution in [2.24, 2.45) is 0 Å². The van der Waals surface area contributed by atoms with E-state index in [2.05, 4.69) is 10.3 Å². The molecule has 1 N–H and O–H groups in total. The van der Waals surface area contributed by atoms with Gasteiger partial charge in [0, 0.05) is 11.1 Å². The van der Waals surface area contributed by atoms with Gasteiger partial charge in [-0.05, 0) is 55.5 Å². The molecule has 0 aliphatic rings. The fourth-order valence-electron chi connectivity index (χ4n) is 3.27. The lowest BCUT2D eigenvalue weighted by Gasteiger charge is -2.08. The zero-order chi connectivity index (χ0) is 23.4. The first-order valence-electron chi connectivity index (χ1n) is 10.1. The molecule has 4 rings (SSSR count). The quantitative estimate of drug-likeness (QED) is 0.415. The molecule has 1 amide bonds. The molecule has 33 heavy (non-hydrogen) atoms. The van der Waals surface area contributed by atoms with Gasteiger partial charge in [0.1, 0.15) is 27.9 Å². The monoisotopic (exact) mass is 466 g/mol. The summed E-state index contributed by atoms with van der Waals surface area (Å²) in [6, 6.07) is 16.7. The molecule has 4 aromatic rings. The van der Waals surface area contributed by atoms with Gasteiger partial charge in [-0.1, -0.05) is 12.1 Å². The van der Waals surface area contributed by atoms with Crippen LogP contribution < -0.4 is 10.1 Å². The Kier molecular flexibility index (Phi) is 6.32. The molecule has 0 radical (unpaired) electrons. The maximum atomic E-state index is 12.9. The molecule has 2 heterocycles. The van der Waals surface area contributed by atoms with Crippen molar-refractivity contribution in [3.63, 3.8) is 0 Å². The number of hydrogen-bond donors (Lipinski definition) is 1. The summed E-state index contributed by atoms with van der Waals surface area (Å²) in [7, 11) is -2.27. The Hall–Kier alpha value is -3.85. The second kappa shape index (κ2) is 9.33. The van der Waals surface area contributed by atoms with Gasteiger partial charge in [0.25, 0.3) is 5.91 Å². The molecule has 0 spiro atoms. The standard InChI is InChI=1S/C24H22N2O6S/c1-16-20(15-33(28,29)22-8-4-3-7-21(22)30-2)26-24(32-16)18-11-9-17(10-12-18)23(27)25-14-19-6-5-13-31-19/h3-13H,14-15H2,1-2H3,(H,25,27). The van der Waals surface area contributed by atoms with Crippen molar-refractivity contribution in [2.75, 3.05) is 7.11 Å². The van der Waals surface area contributed by atoms with Crippen molar-refractivity contribution in [2.45, 2.75) is 24.1 Å². The first-order valence-corrected chi connectivity index (χ1v) is 11.8. The normalized spacial score (nSPS) is 11.3. The lowest BCUT2D eigenvalue weighted by atomic mass is 10.1. The molecular formula is C24H22N2O6S. The largest absolute Gasteiger partial charge is 0.495 e. The van der Waals surface area contributed by atoms with Crippen molar-refractivity contribution in [3.05, 3.63) is 89.7 Å². The van der Waals surface area contributed by atoms with E-state index >= 15 is 0 Å². The van der Waals surface area contributed by atoms with E-state index in [-0.39, 0.29) is 34.7 Å². The predicted octanol–water partition coefficient (Wildman–Crippen LogP) is 4.16. The Morgan fingerprint density at radius 1 is 1.06 bits per heavy atom. The summed E-state index contributed by atoms with van der Waals surface area (Å²) < 4.78 is 42.0. The fourth-order valence-corrected chi connectivity index (χ4v) is 4.79. The summed E-state index contributed by atoms with van der Waals surface area (Å²) in [6.07, 6.45) is 1.55. The molecule has 170 valence electrons. The maximum Gasteiger partial charge on any atom is 0.251 e. The molecule has 0 saturated carbocycles. The van der Waals surface area contributed by atoms with Gasteiger partial charge in [-0.15, -0.1) is 0 Å². The number of aryl methyl sites for hydroxylation is 1. The summed E-state index contributed by atoms with van der Waals surface area (Å²) in [5.41, 5.74) is 1.41. The third kappa shape index (κ3) is 4.98. The molecule has 0 saturated heterocycles. The van der Waals surface area contributed by atoms with Crippen LogP contribution in [0.1, 0.15) is 27.6 Å². The molecule has 8 nitrogen and oxygen atoms in total. The van der Waals surface area contributed by atoms with Crippen LogP contribution in [0.15, 0.2) is 80.7 Å². The van der Waals surface area contributed by atoms with E-state index in [0.29, 0.717) is 28.3 Å². The molecule has 2 aromatic carbocycles. The van der Waals surface area contributed by atoms with E-state index in [9.17, 15) is 13.2 Å². The zero-order valence-corrected chi connectivity index (χ0v) is 18.9. The van der Waals surface area contributed by atoms with Gasteiger partial charge in [-0.2, -0.15) is 0 Å². The van der Waals surface area contributed by atoms with Crippen molar-refractivity contribution in [1.82, 2.24) is 10.3 Å². The maximum absolute atomic E-state index is 12.9. The smallest absolute Gasteiger partial charge is 0.251 e. The number of nitrogens with one attached hydrogen (secondary N) is 1. The minimum Gasteiger partial charge on any atom is -0.495 e. The van der Waals surface area contributed by atoms with Crippen molar-refractivity contribution < 1.29 is 26.8 Å². The lowest BCUT2D eigenvalue weighted by Crippen LogP contribution is -2.22. The lowest BCUT2D eigenvalue weighted by molar-refractivity contribution is 0.0948. The van der Waals surface area contributed by atoms with E-state index in [1.165, 1.54) is 13.2 Å². The van der Waals surface area contributed by atoms with Gasteiger partial charge >= 0.3 is 0 Å². The second-order valence-corrected chi connectivity index (χ2v) is 9.23. The van der Waals surface area contributed by atoms with E-state index in [1.54, 1.807) is 67.8 Å². The Bertz CT molecular complexity index is 1360. The summed E-state index contributed by atoms with van der Waals surface area (Å²) in [5, 5.41) is 2.78. The number of aromatic nitrogens is 1. The van der Waals surface area contributed by atoms with Crippen molar-refractivity contribution in [3.8, 4) is 17.2 Å². The van der Waals surface area contributed by atoms with Crippen LogP contribution in [0, 0.1) is 6.92 Å². The molecule has 0 bridgehead atoms. The summed E-state index contributed by atoms with van der Waals surface area (Å²) in [4.78, 5) is 16.8. The van der Waals surface area contributed by atoms with Gasteiger partial charge in [0.05, 0.1) is 25.6 Å². The topological polar surface area (TPSA) is 112 Å². The van der Waals surface area contributed by atoms with Crippen molar-refractivity contribution >= 4 is 15.7 Å². The highest BCUT2D eigenvalue weighted by molar-refractivity contribution is 7.90. The number of nitrogens with zero attached hydrogens (tertiary/aromatic N) is 1. The number of carbonyl (C=O) groups is 1. The number of benzene rings is 2. The average molecular weight is 467 g/mol. The average Bonchev–Trinajstić information content (AvgIpc) is 3.47. The number of carbonyl (C=O) groups excluding carboxylic acids is 1. The van der Waals surface area contributed by atoms with Gasteiger partial charge in [-0.3, -0.25) is 4.79 Å². The number of para-hydroxylation sites is 1. The number of methoxy groups -OCH3 is 1. The van der Waals surface area contributed by atoms with Gasteiger partial charge in [0.2, 0.25) is 5.89 Å². The summed E-state index contributed by atoms with van der Waals surface area (Å²) >= 11 is 0. The van der Waals surface area contributed by atoms with E-state index < -0.39 is 9.84 Å². The fraction of sp³-hybridized carbons (Fsp3) is 0.167. The Labute approximate surface area is 191 Å². The van der Waals surface area contributed by atoms with E-state index in [4.69, 9.17) is 13.6 Å². The number of oxazole rings is 1. The molecule has 0 atom stereocenters. The summed E-state index contributed by atoms with van der Waals surface area (Å²) in [6.45, 7) is 1.95. The van der Waals surface area contributed by atoms with Crippen LogP contribution in [0.25, 0.3) is 11.5 Å². The first kappa shape index (κ1) is 22.3. The van der Waals surface area contributed by atoms with Gasteiger partial charge in [-0.25, -0.2) is 13.4 Å². The number of furan rings is 1. The van der Waals surface area contributed by atoms with Crippen LogP contribution in [0.5, 0.6) is 5.75 Å². The molecule has 0 aliphatic carbocycles. The van der Waals surface area contributed by atoms with Crippen LogP contribution >= 0.6 is 0 Å². The van der Waals surface area contributed by atoms with Gasteiger partial charge < -0.3 is 18.9 Å². The van der Waals surface area contributed by atoms with Crippen LogP contribution in [-0.4, -0.2) is 26.4 Å². The van der Waals surface area contributed by atoms with Crippen LogP contribution in [0.2, 0.25) is 0 Å². The Balaban J connectivity index is 1.49. The highest BCUT2D eigenvalue weighted by Gasteiger charge is 2.24. The third-order valence-electron chi connectivity index (χ3n) is 5.02. The molecular weight excluding hydrogens is 444 g/mol. The number of hydrogen-bond acceptors (Lipinski definition) is 7. The predicted molar refractivity (Wildman–Crippen MR) is 120 cm³/mol. The molecule has 0 aliphatic heterocycles. The number of amides is 1. The number of rotatable bonds is 8. The molecule has 9 heteroatoms. The van der Waals surface area contributed by atoms with Gasteiger partial charge in [0.15, 0.2) is 9.84 Å². The minimum absolute atomic E-state index is 0.0985. The van der Waals surface area contributed by atoms with Crippen molar-refractivity contribution in [1.29, 1.82) is 0 Å². The molecule has 0 unspecified atom stereocenters. The first-order chi connectivity index (χ1) is 15.9. The number of sulfone groups is 1. The number of ether oxygens (including phenoxy) is 1. The Morgan fingerprint density at radius 3 is 2.52 bits per heavy atom. The van der Waals surface area contributed by atoms with E-state index in [0.717, 1.165) is 0 Å². The molecule has 2 aromatic heterocycles. The second-order valence-electron chi connectivity index (χ2n) is 7.27. The van der Waals surface area contributed by atoms with Crippen LogP contribution in [-0.2, 0) is 22.1 Å². The highest BCUT2D eigenvalue weighted by atomic mass is 32.2. The van der Waals surface area contributed by atoms with E-state index in [1.807, 2.05) is 0 Å². The summed E-state index contributed by atoms with van der Waals surface area (Å²) in [5.74, 6) is 1.05. The minimum atomic E-state index is -3.70. The Morgan fingerprint density at radius 2 is 1.82 bits per heavy atom. The molecule has 0 fully saturated rings. The zero-order valence-electron chi connectivity index (χ0n) is 18.1. The highest BCUT2D eigenvalue weighted by Crippen LogP contribution is 2.29. The SMILES string of the molecule is COc1ccccc1S(=O)(=O)Cc1nc(-c2ccc(C(=O)NCc3ccco3)cc2)oc1C. The van der Waals surface area contributed by atoms with Crippen LogP contribution in [0.4, 0.5) is 0 Å².